The van der Waals surface area contributed by atoms with Crippen LogP contribution in [0.4, 0.5) is 5.00 Å². The number of halogens is 1. The number of rotatable bonds is 4. The van der Waals surface area contributed by atoms with Crippen LogP contribution in [0.2, 0.25) is 5.02 Å². The molecule has 2 heterocycles. The Morgan fingerprint density at radius 1 is 1.17 bits per heavy atom. The molecule has 2 aromatic heterocycles. The molecule has 0 saturated heterocycles. The Hall–Kier alpha value is -2.22. The molecule has 0 bridgehead atoms. The van der Waals surface area contributed by atoms with E-state index in [1.165, 1.54) is 11.3 Å². The van der Waals surface area contributed by atoms with Gasteiger partial charge in [-0.25, -0.2) is 9.78 Å². The van der Waals surface area contributed by atoms with Crippen molar-refractivity contribution in [1.29, 1.82) is 0 Å². The summed E-state index contributed by atoms with van der Waals surface area (Å²) in [5.41, 5.74) is 3.11. The minimum Gasteiger partial charge on any atom is -0.478 e. The number of thiophene rings is 1. The smallest absolute Gasteiger partial charge is 0.339 e. The van der Waals surface area contributed by atoms with Crippen LogP contribution >= 0.6 is 34.3 Å². The van der Waals surface area contributed by atoms with Crippen molar-refractivity contribution in [3.05, 3.63) is 56.8 Å². The van der Waals surface area contributed by atoms with Crippen molar-refractivity contribution < 1.29 is 14.7 Å². The number of hydrogen-bond donors (Lipinski definition) is 2. The van der Waals surface area contributed by atoms with E-state index >= 15 is 0 Å². The highest BCUT2D eigenvalue weighted by Gasteiger charge is 2.21. The predicted octanol–water partition coefficient (Wildman–Crippen LogP) is 4.48. The fourth-order valence-corrected chi connectivity index (χ4v) is 3.61. The third-order valence-electron chi connectivity index (χ3n) is 3.05. The Morgan fingerprint density at radius 3 is 2.52 bits per heavy atom. The molecule has 0 aliphatic carbocycles. The molecule has 5 nitrogen and oxygen atoms in total. The van der Waals surface area contributed by atoms with Gasteiger partial charge in [-0.15, -0.1) is 22.7 Å². The lowest BCUT2D eigenvalue weighted by Gasteiger charge is -2.05. The summed E-state index contributed by atoms with van der Waals surface area (Å²) >= 11 is 8.31. The van der Waals surface area contributed by atoms with Crippen molar-refractivity contribution >= 4 is 51.2 Å². The van der Waals surface area contributed by atoms with Crippen molar-refractivity contribution in [3.8, 4) is 11.1 Å². The third-order valence-corrected chi connectivity index (χ3v) is 4.79. The monoisotopic (exact) mass is 364 g/mol. The average Bonchev–Trinajstić information content (AvgIpc) is 3.17. The first kappa shape index (κ1) is 15.7. The summed E-state index contributed by atoms with van der Waals surface area (Å²) in [7, 11) is 0. The zero-order valence-electron chi connectivity index (χ0n) is 11.4. The van der Waals surface area contributed by atoms with Crippen LogP contribution in [0.1, 0.15) is 20.8 Å². The topological polar surface area (TPSA) is 79.3 Å². The van der Waals surface area contributed by atoms with Gasteiger partial charge >= 0.3 is 5.97 Å². The Morgan fingerprint density at radius 2 is 1.91 bits per heavy atom. The van der Waals surface area contributed by atoms with Gasteiger partial charge in [-0.1, -0.05) is 23.7 Å². The minimum absolute atomic E-state index is 0.0564. The lowest BCUT2D eigenvalue weighted by molar-refractivity contribution is 0.0699. The predicted molar refractivity (Wildman–Crippen MR) is 91.8 cm³/mol. The standard InChI is InChI=1S/C15H9ClN2O3S2/c16-9-3-1-8(2-4-9)10-5-23-14(12(10)15(20)21)18-13(19)11-6-22-7-17-11/h1-7H,(H,18,19)(H,20,21). The number of aromatic carboxylic acids is 1. The van der Waals surface area contributed by atoms with Crippen molar-refractivity contribution in [2.24, 2.45) is 0 Å². The summed E-state index contributed by atoms with van der Waals surface area (Å²) in [5, 5.41) is 16.3. The largest absolute Gasteiger partial charge is 0.478 e. The molecule has 0 aliphatic heterocycles. The Bertz CT molecular complexity index is 857. The molecule has 1 aromatic carbocycles. The van der Waals surface area contributed by atoms with Crippen LogP contribution in [0.15, 0.2) is 40.5 Å². The van der Waals surface area contributed by atoms with E-state index in [1.807, 2.05) is 0 Å². The molecule has 8 heteroatoms. The van der Waals surface area contributed by atoms with E-state index in [0.717, 1.165) is 16.9 Å². The number of carboxylic acid groups (broad SMARTS) is 1. The van der Waals surface area contributed by atoms with Crippen LogP contribution in [-0.4, -0.2) is 22.0 Å². The van der Waals surface area contributed by atoms with Gasteiger partial charge in [-0.2, -0.15) is 0 Å². The number of carboxylic acids is 1. The molecule has 0 atom stereocenters. The number of benzene rings is 1. The third kappa shape index (κ3) is 3.26. The number of aromatic nitrogens is 1. The van der Waals surface area contributed by atoms with Crippen LogP contribution < -0.4 is 5.32 Å². The summed E-state index contributed by atoms with van der Waals surface area (Å²) in [6, 6.07) is 6.85. The Balaban J connectivity index is 1.97. The number of thiazole rings is 1. The first-order valence-corrected chi connectivity index (χ1v) is 8.56. The van der Waals surface area contributed by atoms with E-state index in [4.69, 9.17) is 11.6 Å². The van der Waals surface area contributed by atoms with Crippen LogP contribution in [0.3, 0.4) is 0 Å². The highest BCUT2D eigenvalue weighted by molar-refractivity contribution is 7.15. The molecule has 2 N–H and O–H groups in total. The second-order valence-corrected chi connectivity index (χ2v) is 6.53. The van der Waals surface area contributed by atoms with Gasteiger partial charge in [0.1, 0.15) is 16.3 Å². The molecule has 0 aliphatic rings. The zero-order chi connectivity index (χ0) is 16.4. The first-order chi connectivity index (χ1) is 11.1. The molecule has 3 aromatic rings. The lowest BCUT2D eigenvalue weighted by atomic mass is 10.0. The Labute approximate surface area is 144 Å². The maximum atomic E-state index is 12.1. The van der Waals surface area contributed by atoms with E-state index in [-0.39, 0.29) is 16.3 Å². The van der Waals surface area contributed by atoms with Crippen LogP contribution in [0, 0.1) is 0 Å². The number of anilines is 1. The van der Waals surface area contributed by atoms with Gasteiger partial charge in [0.15, 0.2) is 0 Å². The van der Waals surface area contributed by atoms with Crippen molar-refractivity contribution in [2.75, 3.05) is 5.32 Å². The summed E-state index contributed by atoms with van der Waals surface area (Å²) in [5.74, 6) is -1.54. The maximum Gasteiger partial charge on any atom is 0.339 e. The van der Waals surface area contributed by atoms with Crippen LogP contribution in [-0.2, 0) is 0 Å². The quantitative estimate of drug-likeness (QED) is 0.715. The molecular formula is C15H9ClN2O3S2. The second-order valence-electron chi connectivity index (χ2n) is 4.49. The van der Waals surface area contributed by atoms with Crippen molar-refractivity contribution in [2.45, 2.75) is 0 Å². The van der Waals surface area contributed by atoms with Gasteiger partial charge in [0.25, 0.3) is 5.91 Å². The van der Waals surface area contributed by atoms with E-state index in [1.54, 1.807) is 40.5 Å². The average molecular weight is 365 g/mol. The molecular weight excluding hydrogens is 356 g/mol. The molecule has 0 fully saturated rings. The highest BCUT2D eigenvalue weighted by atomic mass is 35.5. The summed E-state index contributed by atoms with van der Waals surface area (Å²) in [6.07, 6.45) is 0. The number of carbonyl (C=O) groups is 2. The number of hydrogen-bond acceptors (Lipinski definition) is 5. The van der Waals surface area contributed by atoms with E-state index < -0.39 is 11.9 Å². The SMILES string of the molecule is O=C(Nc1scc(-c2ccc(Cl)cc2)c1C(=O)O)c1cscn1. The molecule has 23 heavy (non-hydrogen) atoms. The number of carbonyl (C=O) groups excluding carboxylic acids is 1. The van der Waals surface area contributed by atoms with Gasteiger partial charge < -0.3 is 10.4 Å². The molecule has 116 valence electrons. The lowest BCUT2D eigenvalue weighted by Crippen LogP contribution is -2.13. The normalized spacial score (nSPS) is 10.5. The van der Waals surface area contributed by atoms with Gasteiger partial charge in [-0.05, 0) is 17.7 Å². The van der Waals surface area contributed by atoms with E-state index in [2.05, 4.69) is 10.3 Å². The van der Waals surface area contributed by atoms with Gasteiger partial charge in [-0.3, -0.25) is 4.79 Å². The summed E-state index contributed by atoms with van der Waals surface area (Å²) < 4.78 is 0. The van der Waals surface area contributed by atoms with Crippen molar-refractivity contribution in [3.63, 3.8) is 0 Å². The van der Waals surface area contributed by atoms with Crippen LogP contribution in [0.25, 0.3) is 11.1 Å². The molecule has 0 radical (unpaired) electrons. The summed E-state index contributed by atoms with van der Waals surface area (Å²) in [4.78, 5) is 27.6. The van der Waals surface area contributed by atoms with Gasteiger partial charge in [0.05, 0.1) is 5.51 Å². The summed E-state index contributed by atoms with van der Waals surface area (Å²) in [6.45, 7) is 0. The Kier molecular flexibility index (Phi) is 4.42. The molecule has 1 amide bonds. The fraction of sp³-hybridized carbons (Fsp3) is 0. The maximum absolute atomic E-state index is 12.1. The second kappa shape index (κ2) is 6.49. The van der Waals surface area contributed by atoms with E-state index in [0.29, 0.717) is 10.6 Å². The number of amides is 1. The number of nitrogens with zero attached hydrogens (tertiary/aromatic N) is 1. The number of nitrogens with one attached hydrogen (secondary N) is 1. The highest BCUT2D eigenvalue weighted by Crippen LogP contribution is 2.36. The van der Waals surface area contributed by atoms with Gasteiger partial charge in [0.2, 0.25) is 0 Å². The molecule has 0 spiro atoms. The minimum atomic E-state index is -1.11. The zero-order valence-corrected chi connectivity index (χ0v) is 13.8. The fourth-order valence-electron chi connectivity index (χ4n) is 2.00. The molecule has 0 saturated carbocycles. The molecule has 3 rings (SSSR count). The first-order valence-electron chi connectivity index (χ1n) is 6.36. The van der Waals surface area contributed by atoms with Crippen LogP contribution in [0.5, 0.6) is 0 Å². The van der Waals surface area contributed by atoms with E-state index in [9.17, 15) is 14.7 Å². The molecule has 0 unspecified atom stereocenters. The van der Waals surface area contributed by atoms with Crippen molar-refractivity contribution in [1.82, 2.24) is 4.98 Å². The van der Waals surface area contributed by atoms with Gasteiger partial charge in [0, 0.05) is 21.3 Å².